The van der Waals surface area contributed by atoms with Crippen LogP contribution in [0.2, 0.25) is 10.0 Å². The van der Waals surface area contributed by atoms with Crippen LogP contribution in [0.25, 0.3) is 0 Å². The number of halogens is 2. The molecule has 0 bridgehead atoms. The van der Waals surface area contributed by atoms with Crippen LogP contribution >= 0.6 is 46.7 Å². The maximum atomic E-state index is 11.9. The highest BCUT2D eigenvalue weighted by molar-refractivity contribution is 8.03. The average molecular weight is 429 g/mol. The highest BCUT2D eigenvalue weighted by Gasteiger charge is 2.07. The maximum absolute atomic E-state index is 11.9. The first kappa shape index (κ1) is 21.0. The number of thioether (sulfide) groups is 2. The Balaban J connectivity index is 1.56. The Kier molecular flexibility index (Phi) is 9.18. The van der Waals surface area contributed by atoms with E-state index in [0.717, 1.165) is 11.5 Å². The third-order valence-corrected chi connectivity index (χ3v) is 5.97. The van der Waals surface area contributed by atoms with Gasteiger partial charge < -0.3 is 10.6 Å². The summed E-state index contributed by atoms with van der Waals surface area (Å²) in [5.41, 5.74) is 1.23. The number of anilines is 2. The molecule has 0 aliphatic carbocycles. The van der Waals surface area contributed by atoms with Gasteiger partial charge in [-0.2, -0.15) is 23.5 Å². The molecule has 0 aromatic heterocycles. The number of carbonyl (C=O) groups is 2. The van der Waals surface area contributed by atoms with Crippen LogP contribution in [0.15, 0.2) is 48.5 Å². The van der Waals surface area contributed by atoms with Crippen molar-refractivity contribution in [2.45, 2.75) is 0 Å². The molecule has 2 aromatic carbocycles. The minimum Gasteiger partial charge on any atom is -0.324 e. The number of benzene rings is 2. The summed E-state index contributed by atoms with van der Waals surface area (Å²) in [4.78, 5) is 23.7. The summed E-state index contributed by atoms with van der Waals surface area (Å²) in [6.07, 6.45) is 0. The summed E-state index contributed by atoms with van der Waals surface area (Å²) in [7, 11) is 0. The molecule has 0 atom stereocenters. The molecule has 2 N–H and O–H groups in total. The second kappa shape index (κ2) is 11.4. The molecular formula is C18H18Cl2N2O2S2. The normalized spacial score (nSPS) is 10.4. The van der Waals surface area contributed by atoms with Crippen molar-refractivity contribution in [2.24, 2.45) is 0 Å². The Labute approximate surface area is 171 Å². The Morgan fingerprint density at radius 2 is 1.12 bits per heavy atom. The lowest BCUT2D eigenvalue weighted by Gasteiger charge is -2.07. The molecule has 0 aliphatic rings. The van der Waals surface area contributed by atoms with Gasteiger partial charge in [0, 0.05) is 11.5 Å². The van der Waals surface area contributed by atoms with Crippen LogP contribution in [0, 0.1) is 0 Å². The highest BCUT2D eigenvalue weighted by atomic mass is 35.5. The van der Waals surface area contributed by atoms with E-state index in [2.05, 4.69) is 10.6 Å². The molecule has 8 heteroatoms. The first-order valence-corrected chi connectivity index (χ1v) is 10.9. The molecule has 0 saturated carbocycles. The monoisotopic (exact) mass is 428 g/mol. The quantitative estimate of drug-likeness (QED) is 0.549. The van der Waals surface area contributed by atoms with Gasteiger partial charge in [-0.25, -0.2) is 0 Å². The topological polar surface area (TPSA) is 58.2 Å². The first-order valence-electron chi connectivity index (χ1n) is 7.80. The number of hydrogen-bond acceptors (Lipinski definition) is 4. The van der Waals surface area contributed by atoms with Gasteiger partial charge in [0.1, 0.15) is 0 Å². The molecule has 0 spiro atoms. The Bertz CT molecular complexity index is 696. The van der Waals surface area contributed by atoms with Crippen molar-refractivity contribution in [1.29, 1.82) is 0 Å². The second-order valence-corrected chi connectivity index (χ2v) is 8.19. The van der Waals surface area contributed by atoms with Gasteiger partial charge in [0.15, 0.2) is 0 Å². The van der Waals surface area contributed by atoms with Gasteiger partial charge in [0.25, 0.3) is 0 Å². The van der Waals surface area contributed by atoms with Crippen LogP contribution in [0.1, 0.15) is 0 Å². The second-order valence-electron chi connectivity index (χ2n) is 5.16. The Morgan fingerprint density at radius 1 is 0.731 bits per heavy atom. The van der Waals surface area contributed by atoms with Gasteiger partial charge >= 0.3 is 0 Å². The molecule has 4 nitrogen and oxygen atoms in total. The fourth-order valence-corrected chi connectivity index (χ4v) is 4.06. The summed E-state index contributed by atoms with van der Waals surface area (Å²) in [6, 6.07) is 14.2. The smallest absolute Gasteiger partial charge is 0.234 e. The van der Waals surface area contributed by atoms with Crippen LogP contribution in [0.5, 0.6) is 0 Å². The number of nitrogens with one attached hydrogen (secondary N) is 2. The molecule has 0 saturated heterocycles. The van der Waals surface area contributed by atoms with E-state index in [1.165, 1.54) is 23.5 Å². The van der Waals surface area contributed by atoms with Gasteiger partial charge in [-0.1, -0.05) is 47.5 Å². The third kappa shape index (κ3) is 7.50. The van der Waals surface area contributed by atoms with E-state index in [1.807, 2.05) is 24.3 Å². The fourth-order valence-electron chi connectivity index (χ4n) is 1.95. The van der Waals surface area contributed by atoms with E-state index in [4.69, 9.17) is 23.2 Å². The van der Waals surface area contributed by atoms with Crippen LogP contribution in [0.4, 0.5) is 11.4 Å². The van der Waals surface area contributed by atoms with Gasteiger partial charge in [-0.15, -0.1) is 0 Å². The minimum absolute atomic E-state index is 0.0930. The molecule has 138 valence electrons. The number of rotatable bonds is 9. The van der Waals surface area contributed by atoms with Crippen molar-refractivity contribution in [3.63, 3.8) is 0 Å². The van der Waals surface area contributed by atoms with E-state index in [1.54, 1.807) is 24.3 Å². The molecule has 2 aromatic rings. The van der Waals surface area contributed by atoms with Crippen molar-refractivity contribution in [3.05, 3.63) is 58.6 Å². The molecule has 0 heterocycles. The first-order chi connectivity index (χ1) is 12.6. The molecule has 0 fully saturated rings. The van der Waals surface area contributed by atoms with E-state index >= 15 is 0 Å². The van der Waals surface area contributed by atoms with Crippen molar-refractivity contribution in [1.82, 2.24) is 0 Å². The van der Waals surface area contributed by atoms with Crippen molar-refractivity contribution in [3.8, 4) is 0 Å². The molecule has 0 unspecified atom stereocenters. The van der Waals surface area contributed by atoms with Crippen LogP contribution < -0.4 is 10.6 Å². The van der Waals surface area contributed by atoms with Gasteiger partial charge in [0.2, 0.25) is 11.8 Å². The predicted molar refractivity (Wildman–Crippen MR) is 115 cm³/mol. The highest BCUT2D eigenvalue weighted by Crippen LogP contribution is 2.21. The molecule has 26 heavy (non-hydrogen) atoms. The zero-order valence-corrected chi connectivity index (χ0v) is 17.0. The van der Waals surface area contributed by atoms with E-state index in [9.17, 15) is 9.59 Å². The summed E-state index contributed by atoms with van der Waals surface area (Å²) < 4.78 is 0. The van der Waals surface area contributed by atoms with Crippen LogP contribution in [-0.4, -0.2) is 34.8 Å². The van der Waals surface area contributed by atoms with E-state index in [0.29, 0.717) is 32.9 Å². The van der Waals surface area contributed by atoms with Crippen molar-refractivity contribution < 1.29 is 9.59 Å². The number of amides is 2. The molecule has 0 radical (unpaired) electrons. The van der Waals surface area contributed by atoms with Crippen molar-refractivity contribution in [2.75, 3.05) is 33.6 Å². The predicted octanol–water partition coefficient (Wildman–Crippen LogP) is 5.04. The maximum Gasteiger partial charge on any atom is 0.234 e. The lowest BCUT2D eigenvalue weighted by Crippen LogP contribution is -2.16. The van der Waals surface area contributed by atoms with E-state index < -0.39 is 0 Å². The zero-order valence-electron chi connectivity index (χ0n) is 13.8. The van der Waals surface area contributed by atoms with Crippen LogP contribution in [0.3, 0.4) is 0 Å². The van der Waals surface area contributed by atoms with E-state index in [-0.39, 0.29) is 11.8 Å². The van der Waals surface area contributed by atoms with Gasteiger partial charge in [0.05, 0.1) is 32.9 Å². The summed E-state index contributed by atoms with van der Waals surface area (Å²) in [6.45, 7) is 0. The largest absolute Gasteiger partial charge is 0.324 e. The lowest BCUT2D eigenvalue weighted by molar-refractivity contribution is -0.114. The molecule has 2 amide bonds. The lowest BCUT2D eigenvalue weighted by atomic mass is 10.3. The van der Waals surface area contributed by atoms with Crippen molar-refractivity contribution >= 4 is 69.9 Å². The molecule has 2 rings (SSSR count). The SMILES string of the molecule is O=C(CSCCSCC(=O)Nc1ccccc1Cl)Nc1ccccc1Cl. The fraction of sp³-hybridized carbons (Fsp3) is 0.222. The molecule has 0 aliphatic heterocycles. The number of hydrogen-bond donors (Lipinski definition) is 2. The summed E-state index contributed by atoms with van der Waals surface area (Å²) in [5.74, 6) is 2.06. The molecular weight excluding hydrogens is 411 g/mol. The number of carbonyl (C=O) groups excluding carboxylic acids is 2. The van der Waals surface area contributed by atoms with Crippen LogP contribution in [-0.2, 0) is 9.59 Å². The average Bonchev–Trinajstić information content (AvgIpc) is 2.62. The minimum atomic E-state index is -0.0930. The van der Waals surface area contributed by atoms with Gasteiger partial charge in [-0.05, 0) is 24.3 Å². The number of para-hydroxylation sites is 2. The summed E-state index contributed by atoms with van der Waals surface area (Å²) >= 11 is 15.0. The third-order valence-electron chi connectivity index (χ3n) is 3.13. The standard InChI is InChI=1S/C18H18Cl2N2O2S2/c19-13-5-1-3-7-15(13)21-17(23)11-25-9-10-26-12-18(24)22-16-8-4-2-6-14(16)20/h1-8H,9-12H2,(H,21,23)(H,22,24). The Hall–Kier alpha value is -1.34. The summed E-state index contributed by atoms with van der Waals surface area (Å²) in [5, 5.41) is 6.59. The zero-order chi connectivity index (χ0) is 18.8. The Morgan fingerprint density at radius 3 is 1.50 bits per heavy atom. The van der Waals surface area contributed by atoms with Gasteiger partial charge in [-0.3, -0.25) is 9.59 Å².